The van der Waals surface area contributed by atoms with E-state index in [0.29, 0.717) is 23.2 Å². The lowest BCUT2D eigenvalue weighted by Gasteiger charge is -2.13. The maximum Gasteiger partial charge on any atom is 0.209 e. The molecule has 27 heavy (non-hydrogen) atoms. The Morgan fingerprint density at radius 1 is 1.15 bits per heavy atom. The van der Waals surface area contributed by atoms with E-state index in [-0.39, 0.29) is 5.75 Å². The number of sulfonamides is 1. The second-order valence-electron chi connectivity index (χ2n) is 6.22. The van der Waals surface area contributed by atoms with E-state index >= 15 is 0 Å². The minimum atomic E-state index is -3.46. The Bertz CT molecular complexity index is 1030. The Labute approximate surface area is 163 Å². The molecular formula is C18H21N5O2S2. The zero-order chi connectivity index (χ0) is 19.4. The van der Waals surface area contributed by atoms with Crippen LogP contribution in [0.1, 0.15) is 17.5 Å². The molecule has 0 spiro atoms. The first kappa shape index (κ1) is 19.5. The lowest BCUT2D eigenvalue weighted by molar-refractivity contribution is 0.596. The quantitative estimate of drug-likeness (QED) is 0.480. The van der Waals surface area contributed by atoms with E-state index in [4.69, 9.17) is 5.14 Å². The number of primary sulfonamides is 1. The predicted molar refractivity (Wildman–Crippen MR) is 107 cm³/mol. The number of nitrogens with two attached hydrogens (primary N) is 1. The Hall–Kier alpha value is -2.23. The summed E-state index contributed by atoms with van der Waals surface area (Å²) in [6, 6.07) is 11.8. The van der Waals surface area contributed by atoms with Gasteiger partial charge in [-0.1, -0.05) is 35.5 Å². The van der Waals surface area contributed by atoms with E-state index in [0.717, 1.165) is 16.9 Å². The van der Waals surface area contributed by atoms with Crippen molar-refractivity contribution >= 4 is 21.8 Å². The fourth-order valence-corrected chi connectivity index (χ4v) is 4.33. The molecule has 7 nitrogen and oxygen atoms in total. The van der Waals surface area contributed by atoms with Gasteiger partial charge in [0.1, 0.15) is 5.69 Å². The largest absolute Gasteiger partial charge is 0.268 e. The summed E-state index contributed by atoms with van der Waals surface area (Å²) >= 11 is 1.45. The highest BCUT2D eigenvalue weighted by Crippen LogP contribution is 2.29. The third-order valence-electron chi connectivity index (χ3n) is 3.92. The average Bonchev–Trinajstić information content (AvgIpc) is 3.02. The third kappa shape index (κ3) is 4.94. The molecule has 2 aromatic heterocycles. The molecule has 0 aliphatic rings. The highest BCUT2D eigenvalue weighted by atomic mass is 32.2. The monoisotopic (exact) mass is 403 g/mol. The van der Waals surface area contributed by atoms with Gasteiger partial charge in [-0.25, -0.2) is 13.6 Å². The molecule has 3 rings (SSSR count). The molecule has 0 aliphatic carbocycles. The summed E-state index contributed by atoms with van der Waals surface area (Å²) in [4.78, 5) is 4.40. The minimum absolute atomic E-state index is 0.0508. The zero-order valence-electron chi connectivity index (χ0n) is 15.2. The fraction of sp³-hybridized carbons (Fsp3) is 0.278. The summed E-state index contributed by atoms with van der Waals surface area (Å²) in [5.74, 6) is 1.17. The lowest BCUT2D eigenvalue weighted by atomic mass is 10.1. The van der Waals surface area contributed by atoms with Crippen LogP contribution >= 0.6 is 11.8 Å². The van der Waals surface area contributed by atoms with Crippen LogP contribution in [-0.2, 0) is 10.0 Å². The molecule has 0 amide bonds. The molecule has 0 bridgehead atoms. The molecule has 3 aromatic rings. The van der Waals surface area contributed by atoms with Crippen LogP contribution in [0.4, 0.5) is 0 Å². The number of nitrogens with zero attached hydrogens (tertiary/aromatic N) is 4. The second kappa shape index (κ2) is 8.20. The Kier molecular flexibility index (Phi) is 5.93. The number of aryl methyl sites for hydroxylation is 2. The molecule has 2 N–H and O–H groups in total. The summed E-state index contributed by atoms with van der Waals surface area (Å²) in [6.45, 7) is 4.09. The number of thioether (sulfide) groups is 1. The maximum absolute atomic E-state index is 11.1. The Morgan fingerprint density at radius 2 is 1.96 bits per heavy atom. The van der Waals surface area contributed by atoms with Gasteiger partial charge in [-0.2, -0.15) is 0 Å². The van der Waals surface area contributed by atoms with Crippen LogP contribution in [0.15, 0.2) is 47.8 Å². The number of rotatable bonds is 7. The molecule has 9 heteroatoms. The predicted octanol–water partition coefficient (Wildman–Crippen LogP) is 2.72. The van der Waals surface area contributed by atoms with Crippen LogP contribution in [0.2, 0.25) is 0 Å². The maximum atomic E-state index is 11.1. The van der Waals surface area contributed by atoms with Gasteiger partial charge < -0.3 is 0 Å². The van der Waals surface area contributed by atoms with Crippen molar-refractivity contribution in [3.63, 3.8) is 0 Å². The first-order chi connectivity index (χ1) is 12.8. The lowest BCUT2D eigenvalue weighted by Crippen LogP contribution is -2.16. The molecule has 0 saturated heterocycles. The molecule has 0 atom stereocenters. The van der Waals surface area contributed by atoms with E-state index < -0.39 is 10.0 Å². The number of hydrogen-bond donors (Lipinski definition) is 1. The topological polar surface area (TPSA) is 104 Å². The highest BCUT2D eigenvalue weighted by Gasteiger charge is 2.18. The van der Waals surface area contributed by atoms with Gasteiger partial charge in [-0.3, -0.25) is 9.55 Å². The summed E-state index contributed by atoms with van der Waals surface area (Å²) in [6.07, 6.45) is 2.16. The first-order valence-corrected chi connectivity index (χ1v) is 11.1. The average molecular weight is 404 g/mol. The van der Waals surface area contributed by atoms with Crippen molar-refractivity contribution in [1.29, 1.82) is 0 Å². The van der Waals surface area contributed by atoms with Gasteiger partial charge in [0.05, 0.1) is 11.4 Å². The van der Waals surface area contributed by atoms with Crippen molar-refractivity contribution in [2.45, 2.75) is 25.4 Å². The van der Waals surface area contributed by atoms with Crippen LogP contribution in [-0.4, -0.2) is 39.7 Å². The van der Waals surface area contributed by atoms with Crippen LogP contribution in [0.3, 0.4) is 0 Å². The first-order valence-electron chi connectivity index (χ1n) is 8.43. The van der Waals surface area contributed by atoms with E-state index in [9.17, 15) is 8.42 Å². The molecule has 142 valence electrons. The van der Waals surface area contributed by atoms with Gasteiger partial charge >= 0.3 is 0 Å². The number of benzene rings is 1. The third-order valence-corrected chi connectivity index (χ3v) is 5.80. The number of pyridine rings is 1. The smallest absolute Gasteiger partial charge is 0.209 e. The zero-order valence-corrected chi connectivity index (χ0v) is 16.8. The van der Waals surface area contributed by atoms with Gasteiger partial charge in [0.2, 0.25) is 10.0 Å². The number of aromatic nitrogens is 4. The van der Waals surface area contributed by atoms with E-state index in [2.05, 4.69) is 21.2 Å². The Balaban J connectivity index is 1.97. The van der Waals surface area contributed by atoms with Crippen molar-refractivity contribution in [2.75, 3.05) is 11.5 Å². The summed E-state index contributed by atoms with van der Waals surface area (Å²) in [5, 5.41) is 14.4. The van der Waals surface area contributed by atoms with Crippen molar-refractivity contribution < 1.29 is 8.42 Å². The van der Waals surface area contributed by atoms with E-state index in [1.807, 2.05) is 48.7 Å². The molecule has 0 fully saturated rings. The van der Waals surface area contributed by atoms with Crippen LogP contribution in [0, 0.1) is 13.8 Å². The van der Waals surface area contributed by atoms with Crippen molar-refractivity contribution in [3.05, 3.63) is 53.7 Å². The molecule has 1 aromatic carbocycles. The van der Waals surface area contributed by atoms with Crippen LogP contribution in [0.25, 0.3) is 17.2 Å². The molecule has 2 heterocycles. The summed E-state index contributed by atoms with van der Waals surface area (Å²) in [7, 11) is -3.46. The molecule has 0 saturated carbocycles. The standard InChI is InChI=1S/C18H21N5O2S2/c1-13-7-8-16(14(2)12-13)23-17(15-6-3-4-9-20-15)21-22-18(23)26-10-5-11-27(19,24)25/h3-4,6-9,12H,5,10-11H2,1-2H3,(H2,19,24,25). The van der Waals surface area contributed by atoms with Gasteiger partial charge in [0, 0.05) is 11.9 Å². The normalized spacial score (nSPS) is 11.7. The Morgan fingerprint density at radius 3 is 2.63 bits per heavy atom. The van der Waals surface area contributed by atoms with Crippen molar-refractivity contribution in [1.82, 2.24) is 19.7 Å². The van der Waals surface area contributed by atoms with Gasteiger partial charge in [-0.15, -0.1) is 10.2 Å². The van der Waals surface area contributed by atoms with Crippen LogP contribution in [0.5, 0.6) is 0 Å². The SMILES string of the molecule is Cc1ccc(-n2c(SCCCS(N)(=O)=O)nnc2-c2ccccn2)c(C)c1. The summed E-state index contributed by atoms with van der Waals surface area (Å²) in [5.41, 5.74) is 3.96. The van der Waals surface area contributed by atoms with Gasteiger partial charge in [0.15, 0.2) is 11.0 Å². The highest BCUT2D eigenvalue weighted by molar-refractivity contribution is 7.99. The summed E-state index contributed by atoms with van der Waals surface area (Å²) < 4.78 is 24.2. The van der Waals surface area contributed by atoms with Gasteiger partial charge in [-0.05, 0) is 44.0 Å². The number of hydrogen-bond acceptors (Lipinski definition) is 6. The molecular weight excluding hydrogens is 382 g/mol. The van der Waals surface area contributed by atoms with Crippen LogP contribution < -0.4 is 5.14 Å². The van der Waals surface area contributed by atoms with E-state index in [1.54, 1.807) is 6.20 Å². The second-order valence-corrected chi connectivity index (χ2v) is 9.01. The minimum Gasteiger partial charge on any atom is -0.268 e. The molecule has 0 radical (unpaired) electrons. The fourth-order valence-electron chi connectivity index (χ4n) is 2.72. The molecule has 0 unspecified atom stereocenters. The van der Waals surface area contributed by atoms with Gasteiger partial charge in [0.25, 0.3) is 0 Å². The van der Waals surface area contributed by atoms with E-state index in [1.165, 1.54) is 17.3 Å². The van der Waals surface area contributed by atoms with Crippen molar-refractivity contribution in [3.8, 4) is 17.2 Å². The van der Waals surface area contributed by atoms with Crippen molar-refractivity contribution in [2.24, 2.45) is 5.14 Å². The molecule has 0 aliphatic heterocycles.